The van der Waals surface area contributed by atoms with Crippen LogP contribution in [-0.2, 0) is 0 Å². The Bertz CT molecular complexity index is 246. The first kappa shape index (κ1) is 15.3. The van der Waals surface area contributed by atoms with Gasteiger partial charge in [-0.1, -0.05) is 33.1 Å². The lowest BCUT2D eigenvalue weighted by Crippen LogP contribution is -2.44. The number of rotatable bonds is 6. The number of amides is 2. The molecule has 2 amide bonds. The maximum atomic E-state index is 11.7. The summed E-state index contributed by atoms with van der Waals surface area (Å²) in [7, 11) is 0. The minimum atomic E-state index is -0.301. The highest BCUT2D eigenvalue weighted by Gasteiger charge is 2.21. The third kappa shape index (κ3) is 5.71. The average molecular weight is 256 g/mol. The van der Waals surface area contributed by atoms with E-state index in [1.807, 2.05) is 6.92 Å². The molecule has 1 aliphatic rings. The molecule has 0 saturated heterocycles. The van der Waals surface area contributed by atoms with E-state index in [9.17, 15) is 9.90 Å². The van der Waals surface area contributed by atoms with E-state index in [1.165, 1.54) is 19.3 Å². The molecule has 0 aromatic heterocycles. The number of hydrogen-bond donors (Lipinski definition) is 3. The minimum Gasteiger partial charge on any atom is -0.393 e. The van der Waals surface area contributed by atoms with E-state index in [-0.39, 0.29) is 12.1 Å². The zero-order chi connectivity index (χ0) is 13.4. The molecular formula is C14H28N2O2. The van der Waals surface area contributed by atoms with Crippen LogP contribution in [0.5, 0.6) is 0 Å². The van der Waals surface area contributed by atoms with Crippen molar-refractivity contribution in [3.05, 3.63) is 0 Å². The first-order valence-corrected chi connectivity index (χ1v) is 7.38. The molecule has 1 saturated carbocycles. The van der Waals surface area contributed by atoms with E-state index < -0.39 is 0 Å². The average Bonchev–Trinajstić information content (AvgIpc) is 2.38. The Morgan fingerprint density at radius 2 is 2.17 bits per heavy atom. The van der Waals surface area contributed by atoms with Crippen molar-refractivity contribution in [1.82, 2.24) is 10.6 Å². The molecule has 0 heterocycles. The van der Waals surface area contributed by atoms with Gasteiger partial charge in [0.25, 0.3) is 0 Å². The lowest BCUT2D eigenvalue weighted by molar-refractivity contribution is 0.159. The monoisotopic (exact) mass is 256 g/mol. The molecule has 1 rings (SSSR count). The third-order valence-electron chi connectivity index (χ3n) is 3.93. The Labute approximate surface area is 111 Å². The van der Waals surface area contributed by atoms with E-state index >= 15 is 0 Å². The van der Waals surface area contributed by atoms with Crippen LogP contribution in [-0.4, -0.2) is 29.8 Å². The summed E-state index contributed by atoms with van der Waals surface area (Å²) in [5.41, 5.74) is 0. The molecule has 4 heteroatoms. The maximum absolute atomic E-state index is 11.7. The van der Waals surface area contributed by atoms with Crippen LogP contribution in [0.3, 0.4) is 0 Å². The van der Waals surface area contributed by atoms with Crippen molar-refractivity contribution in [2.75, 3.05) is 6.54 Å². The third-order valence-corrected chi connectivity index (χ3v) is 3.93. The second kappa shape index (κ2) is 8.35. The molecular weight excluding hydrogens is 228 g/mol. The zero-order valence-electron chi connectivity index (χ0n) is 11.7. The van der Waals surface area contributed by atoms with Gasteiger partial charge in [0, 0.05) is 12.6 Å². The Hall–Kier alpha value is -0.770. The predicted octanol–water partition coefficient (Wildman–Crippen LogP) is 2.42. The molecule has 3 atom stereocenters. The van der Waals surface area contributed by atoms with Gasteiger partial charge in [-0.3, -0.25) is 0 Å². The Balaban J connectivity index is 2.15. The number of urea groups is 1. The molecule has 4 nitrogen and oxygen atoms in total. The van der Waals surface area contributed by atoms with Gasteiger partial charge in [-0.2, -0.15) is 0 Å². The first-order valence-electron chi connectivity index (χ1n) is 7.38. The number of aliphatic hydroxyl groups excluding tert-OH is 1. The lowest BCUT2D eigenvalue weighted by Gasteiger charge is -2.29. The highest BCUT2D eigenvalue weighted by atomic mass is 16.3. The summed E-state index contributed by atoms with van der Waals surface area (Å²) in [6.45, 7) is 4.71. The molecule has 0 aromatic carbocycles. The van der Waals surface area contributed by atoms with Gasteiger partial charge in [0.05, 0.1) is 6.10 Å². The van der Waals surface area contributed by atoms with Gasteiger partial charge < -0.3 is 15.7 Å². The molecule has 106 valence electrons. The van der Waals surface area contributed by atoms with Crippen LogP contribution < -0.4 is 10.6 Å². The largest absolute Gasteiger partial charge is 0.393 e. The summed E-state index contributed by atoms with van der Waals surface area (Å²) in [6, 6.07) is 0.250. The number of hydrogen-bond acceptors (Lipinski definition) is 2. The van der Waals surface area contributed by atoms with Crippen molar-refractivity contribution < 1.29 is 9.90 Å². The molecule has 3 unspecified atom stereocenters. The second-order valence-electron chi connectivity index (χ2n) is 5.39. The maximum Gasteiger partial charge on any atom is 0.315 e. The van der Waals surface area contributed by atoms with Gasteiger partial charge >= 0.3 is 6.03 Å². The molecule has 1 aliphatic carbocycles. The minimum absolute atomic E-state index is 0.0833. The highest BCUT2D eigenvalue weighted by molar-refractivity contribution is 5.74. The molecule has 0 bridgehead atoms. The fraction of sp³-hybridized carbons (Fsp3) is 0.929. The summed E-state index contributed by atoms with van der Waals surface area (Å²) in [5, 5.41) is 15.2. The van der Waals surface area contributed by atoms with Gasteiger partial charge in [0.15, 0.2) is 0 Å². The standard InChI is InChI=1S/C14H28N2O2/c1-3-11-6-5-7-12(10-11)16-14(18)15-9-8-13(17)4-2/h11-13,17H,3-10H2,1-2H3,(H2,15,16,18). The molecule has 1 fully saturated rings. The van der Waals surface area contributed by atoms with Crippen molar-refractivity contribution in [2.45, 2.75) is 70.9 Å². The number of aliphatic hydroxyl groups is 1. The fourth-order valence-electron chi connectivity index (χ4n) is 2.59. The molecule has 3 N–H and O–H groups in total. The smallest absolute Gasteiger partial charge is 0.315 e. The van der Waals surface area contributed by atoms with Crippen LogP contribution in [0.25, 0.3) is 0 Å². The topological polar surface area (TPSA) is 61.4 Å². The summed E-state index contributed by atoms with van der Waals surface area (Å²) in [5.74, 6) is 0.769. The normalized spacial score (nSPS) is 25.5. The zero-order valence-corrected chi connectivity index (χ0v) is 11.7. The van der Waals surface area contributed by atoms with Crippen molar-refractivity contribution in [2.24, 2.45) is 5.92 Å². The molecule has 0 spiro atoms. The fourth-order valence-corrected chi connectivity index (χ4v) is 2.59. The first-order chi connectivity index (χ1) is 8.65. The predicted molar refractivity (Wildman–Crippen MR) is 73.5 cm³/mol. The Morgan fingerprint density at radius 1 is 1.39 bits per heavy atom. The molecule has 0 aromatic rings. The highest BCUT2D eigenvalue weighted by Crippen LogP contribution is 2.26. The van der Waals surface area contributed by atoms with E-state index in [2.05, 4.69) is 17.6 Å². The summed E-state index contributed by atoms with van der Waals surface area (Å²) < 4.78 is 0. The van der Waals surface area contributed by atoms with Gasteiger partial charge in [-0.05, 0) is 31.6 Å². The number of carbonyl (C=O) groups is 1. The van der Waals surface area contributed by atoms with Crippen LogP contribution in [0, 0.1) is 5.92 Å². The van der Waals surface area contributed by atoms with E-state index in [4.69, 9.17) is 0 Å². The molecule has 18 heavy (non-hydrogen) atoms. The van der Waals surface area contributed by atoms with Crippen LogP contribution >= 0.6 is 0 Å². The summed E-state index contributed by atoms with van der Waals surface area (Å²) in [4.78, 5) is 11.7. The number of nitrogens with one attached hydrogen (secondary N) is 2. The van der Waals surface area contributed by atoms with Crippen LogP contribution in [0.15, 0.2) is 0 Å². The van der Waals surface area contributed by atoms with Gasteiger partial charge in [0.1, 0.15) is 0 Å². The van der Waals surface area contributed by atoms with Crippen molar-refractivity contribution >= 4 is 6.03 Å². The summed E-state index contributed by atoms with van der Waals surface area (Å²) >= 11 is 0. The van der Waals surface area contributed by atoms with Crippen molar-refractivity contribution in [3.63, 3.8) is 0 Å². The SMILES string of the molecule is CCC(O)CCNC(=O)NC1CCCC(CC)C1. The van der Waals surface area contributed by atoms with E-state index in [0.717, 1.165) is 25.2 Å². The Morgan fingerprint density at radius 3 is 2.83 bits per heavy atom. The van der Waals surface area contributed by atoms with Crippen LogP contribution in [0.4, 0.5) is 4.79 Å². The molecule has 0 radical (unpaired) electrons. The van der Waals surface area contributed by atoms with Gasteiger partial charge in [-0.15, -0.1) is 0 Å². The second-order valence-corrected chi connectivity index (χ2v) is 5.39. The van der Waals surface area contributed by atoms with E-state index in [1.54, 1.807) is 0 Å². The summed E-state index contributed by atoms with van der Waals surface area (Å²) in [6.07, 6.45) is 7.02. The van der Waals surface area contributed by atoms with Gasteiger partial charge in [0.2, 0.25) is 0 Å². The van der Waals surface area contributed by atoms with Crippen molar-refractivity contribution in [1.29, 1.82) is 0 Å². The van der Waals surface area contributed by atoms with Crippen molar-refractivity contribution in [3.8, 4) is 0 Å². The lowest BCUT2D eigenvalue weighted by atomic mass is 9.84. The van der Waals surface area contributed by atoms with E-state index in [0.29, 0.717) is 19.0 Å². The van der Waals surface area contributed by atoms with Crippen LogP contribution in [0.2, 0.25) is 0 Å². The molecule has 0 aliphatic heterocycles. The van der Waals surface area contributed by atoms with Gasteiger partial charge in [-0.25, -0.2) is 4.79 Å². The number of carbonyl (C=O) groups excluding carboxylic acids is 1. The van der Waals surface area contributed by atoms with Crippen LogP contribution in [0.1, 0.15) is 58.8 Å². The quantitative estimate of drug-likeness (QED) is 0.683. The Kier molecular flexibility index (Phi) is 7.09.